The summed E-state index contributed by atoms with van der Waals surface area (Å²) in [7, 11) is 0. The number of carbonyl (C=O) groups excluding carboxylic acids is 1. The number of aliphatic hydroxyl groups is 2. The molecule has 2 saturated heterocycles. The Balaban J connectivity index is 2.11. The zero-order valence-corrected chi connectivity index (χ0v) is 16.1. The summed E-state index contributed by atoms with van der Waals surface area (Å²) in [6.45, 7) is 8.51. The molecule has 0 saturated carbocycles. The Bertz CT molecular complexity index is 448. The van der Waals surface area contributed by atoms with E-state index in [2.05, 4.69) is 0 Å². The minimum Gasteiger partial charge on any atom is -0.461 e. The molecule has 8 heteroatoms. The van der Waals surface area contributed by atoms with Crippen molar-refractivity contribution < 1.29 is 38.7 Å². The third-order valence-electron chi connectivity index (χ3n) is 4.82. The molecule has 0 aromatic heterocycles. The van der Waals surface area contributed by atoms with Crippen molar-refractivity contribution in [1.82, 2.24) is 0 Å². The molecule has 2 aliphatic rings. The van der Waals surface area contributed by atoms with Crippen molar-refractivity contribution in [2.75, 3.05) is 26.4 Å². The largest absolute Gasteiger partial charge is 0.461 e. The monoisotopic (exact) mass is 376 g/mol. The summed E-state index contributed by atoms with van der Waals surface area (Å²) in [4.78, 5) is 12.6. The van der Waals surface area contributed by atoms with Crippen LogP contribution in [0.25, 0.3) is 0 Å². The van der Waals surface area contributed by atoms with Gasteiger partial charge in [-0.2, -0.15) is 0 Å². The predicted octanol–water partition coefficient (Wildman–Crippen LogP) is 0.418. The Morgan fingerprint density at radius 3 is 2.50 bits per heavy atom. The van der Waals surface area contributed by atoms with E-state index in [1.165, 1.54) is 0 Å². The molecule has 0 amide bonds. The third-order valence-corrected chi connectivity index (χ3v) is 4.82. The molecule has 2 fully saturated rings. The molecular weight excluding hydrogens is 344 g/mol. The van der Waals surface area contributed by atoms with Crippen LogP contribution >= 0.6 is 0 Å². The second-order valence-corrected chi connectivity index (χ2v) is 7.18. The van der Waals surface area contributed by atoms with E-state index < -0.39 is 42.1 Å². The minimum atomic E-state index is -1.30. The van der Waals surface area contributed by atoms with Gasteiger partial charge >= 0.3 is 5.97 Å². The van der Waals surface area contributed by atoms with Gasteiger partial charge in [-0.05, 0) is 40.5 Å². The maximum atomic E-state index is 12.6. The smallest absolute Gasteiger partial charge is 0.338 e. The summed E-state index contributed by atoms with van der Waals surface area (Å²) < 4.78 is 27.8. The van der Waals surface area contributed by atoms with E-state index in [4.69, 9.17) is 23.7 Å². The standard InChI is InChI=1S/C18H32O8/c1-5-22-14-12(19)13(20)16(18(3,4)25-6-2)26-15(14)17(21)24-10-11-8-7-9-23-11/h11-16,19-20H,5-10H2,1-4H3/t11?,12?,13-,14-,15?,16?/m0/s1. The first kappa shape index (κ1) is 21.5. The average molecular weight is 376 g/mol. The Morgan fingerprint density at radius 2 is 1.92 bits per heavy atom. The minimum absolute atomic E-state index is 0.112. The van der Waals surface area contributed by atoms with Gasteiger partial charge in [0, 0.05) is 19.8 Å². The van der Waals surface area contributed by atoms with Gasteiger partial charge in [0.25, 0.3) is 0 Å². The van der Waals surface area contributed by atoms with Crippen LogP contribution in [-0.4, -0.2) is 84.8 Å². The highest BCUT2D eigenvalue weighted by Gasteiger charge is 2.53. The maximum absolute atomic E-state index is 12.6. The molecule has 4 unspecified atom stereocenters. The summed E-state index contributed by atoms with van der Waals surface area (Å²) in [6, 6.07) is 0. The zero-order valence-electron chi connectivity index (χ0n) is 16.1. The summed E-state index contributed by atoms with van der Waals surface area (Å²) in [5, 5.41) is 21.0. The lowest BCUT2D eigenvalue weighted by Gasteiger charge is -2.46. The molecule has 26 heavy (non-hydrogen) atoms. The predicted molar refractivity (Wildman–Crippen MR) is 91.7 cm³/mol. The van der Waals surface area contributed by atoms with Gasteiger partial charge in [-0.1, -0.05) is 0 Å². The fourth-order valence-electron chi connectivity index (χ4n) is 3.50. The van der Waals surface area contributed by atoms with Crippen LogP contribution in [0.2, 0.25) is 0 Å². The summed E-state index contributed by atoms with van der Waals surface area (Å²) in [5.41, 5.74) is -0.903. The van der Waals surface area contributed by atoms with Gasteiger partial charge in [0.1, 0.15) is 31.0 Å². The number of hydrogen-bond donors (Lipinski definition) is 2. The van der Waals surface area contributed by atoms with Crippen LogP contribution in [0.3, 0.4) is 0 Å². The number of aliphatic hydroxyl groups excluding tert-OH is 2. The lowest BCUT2D eigenvalue weighted by atomic mass is 9.86. The van der Waals surface area contributed by atoms with Crippen LogP contribution in [0.15, 0.2) is 0 Å². The quantitative estimate of drug-likeness (QED) is 0.588. The van der Waals surface area contributed by atoms with Crippen molar-refractivity contribution in [2.45, 2.75) is 82.8 Å². The third kappa shape index (κ3) is 4.94. The molecule has 0 aromatic carbocycles. The maximum Gasteiger partial charge on any atom is 0.338 e. The molecule has 0 radical (unpaired) electrons. The second kappa shape index (κ2) is 9.43. The molecule has 2 rings (SSSR count). The van der Waals surface area contributed by atoms with E-state index in [1.807, 2.05) is 6.92 Å². The lowest BCUT2D eigenvalue weighted by molar-refractivity contribution is -0.273. The zero-order chi connectivity index (χ0) is 19.3. The summed E-state index contributed by atoms with van der Waals surface area (Å²) in [6.07, 6.45) is -3.95. The number of rotatable bonds is 8. The van der Waals surface area contributed by atoms with E-state index in [1.54, 1.807) is 20.8 Å². The molecular formula is C18H32O8. The molecule has 0 bridgehead atoms. The number of carbonyl (C=O) groups is 1. The topological polar surface area (TPSA) is 104 Å². The van der Waals surface area contributed by atoms with Crippen molar-refractivity contribution in [2.24, 2.45) is 0 Å². The normalized spacial score (nSPS) is 35.5. The molecule has 2 aliphatic heterocycles. The first-order valence-electron chi connectivity index (χ1n) is 9.37. The van der Waals surface area contributed by atoms with Gasteiger partial charge in [-0.3, -0.25) is 0 Å². The number of hydrogen-bond acceptors (Lipinski definition) is 8. The highest BCUT2D eigenvalue weighted by molar-refractivity contribution is 5.76. The van der Waals surface area contributed by atoms with Crippen LogP contribution in [0.1, 0.15) is 40.5 Å². The molecule has 8 nitrogen and oxygen atoms in total. The fraction of sp³-hybridized carbons (Fsp3) is 0.944. The van der Waals surface area contributed by atoms with Crippen LogP contribution in [0.4, 0.5) is 0 Å². The van der Waals surface area contributed by atoms with Crippen LogP contribution in [-0.2, 0) is 28.5 Å². The van der Waals surface area contributed by atoms with Crippen molar-refractivity contribution in [1.29, 1.82) is 0 Å². The highest BCUT2D eigenvalue weighted by atomic mass is 16.6. The van der Waals surface area contributed by atoms with Crippen LogP contribution in [0, 0.1) is 0 Å². The lowest BCUT2D eigenvalue weighted by Crippen LogP contribution is -2.66. The molecule has 0 aliphatic carbocycles. The first-order valence-corrected chi connectivity index (χ1v) is 9.37. The molecule has 0 aromatic rings. The SMILES string of the molecule is CCO[C@@H]1C(C(=O)OCC2CCCO2)OC(C(C)(C)OCC)[C@@H](O)C1O. The number of esters is 1. The van der Waals surface area contributed by atoms with Gasteiger partial charge in [0.2, 0.25) is 0 Å². The first-order chi connectivity index (χ1) is 12.3. The van der Waals surface area contributed by atoms with E-state index in [0.29, 0.717) is 13.2 Å². The average Bonchev–Trinajstić information content (AvgIpc) is 3.10. The van der Waals surface area contributed by atoms with Crippen molar-refractivity contribution in [3.05, 3.63) is 0 Å². The van der Waals surface area contributed by atoms with E-state index in [0.717, 1.165) is 12.8 Å². The summed E-state index contributed by atoms with van der Waals surface area (Å²) in [5.74, 6) is -0.637. The van der Waals surface area contributed by atoms with Crippen LogP contribution in [0.5, 0.6) is 0 Å². The van der Waals surface area contributed by atoms with Gasteiger partial charge in [0.15, 0.2) is 6.10 Å². The molecule has 6 atom stereocenters. The fourth-order valence-corrected chi connectivity index (χ4v) is 3.50. The van der Waals surface area contributed by atoms with Gasteiger partial charge in [-0.15, -0.1) is 0 Å². The molecule has 0 spiro atoms. The Kier molecular flexibility index (Phi) is 7.81. The second-order valence-electron chi connectivity index (χ2n) is 7.18. The van der Waals surface area contributed by atoms with Gasteiger partial charge < -0.3 is 33.9 Å². The molecule has 152 valence electrons. The van der Waals surface area contributed by atoms with Crippen molar-refractivity contribution >= 4 is 5.97 Å². The Hall–Kier alpha value is -0.770. The Labute approximate surface area is 154 Å². The number of ether oxygens (including phenoxy) is 5. The summed E-state index contributed by atoms with van der Waals surface area (Å²) >= 11 is 0. The molecule has 2 N–H and O–H groups in total. The van der Waals surface area contributed by atoms with Crippen molar-refractivity contribution in [3.63, 3.8) is 0 Å². The highest BCUT2D eigenvalue weighted by Crippen LogP contribution is 2.32. The van der Waals surface area contributed by atoms with Gasteiger partial charge in [-0.25, -0.2) is 4.79 Å². The van der Waals surface area contributed by atoms with Crippen molar-refractivity contribution in [3.8, 4) is 0 Å². The Morgan fingerprint density at radius 1 is 1.19 bits per heavy atom. The van der Waals surface area contributed by atoms with Crippen LogP contribution < -0.4 is 0 Å². The van der Waals surface area contributed by atoms with E-state index in [-0.39, 0.29) is 19.3 Å². The van der Waals surface area contributed by atoms with E-state index in [9.17, 15) is 15.0 Å². The van der Waals surface area contributed by atoms with E-state index >= 15 is 0 Å². The van der Waals surface area contributed by atoms with Gasteiger partial charge in [0.05, 0.1) is 11.7 Å². The molecule has 2 heterocycles.